The van der Waals surface area contributed by atoms with Crippen LogP contribution in [0.5, 0.6) is 11.5 Å². The van der Waals surface area contributed by atoms with E-state index in [-0.39, 0.29) is 29.4 Å². The zero-order valence-electron chi connectivity index (χ0n) is 13.5. The standard InChI is InChI=1S/C9H12O2.C8H12O3/c1-6(2)7-4-3-5-8(10)9(7)11;1-4-5-7(9)11-8(10)6(2)3/h3-6,10-11H,1-2H3;2,4-5H2,1,3H3. The van der Waals surface area contributed by atoms with Gasteiger partial charge in [0.15, 0.2) is 11.5 Å². The van der Waals surface area contributed by atoms with E-state index in [1.807, 2.05) is 20.8 Å². The molecule has 0 atom stereocenters. The molecule has 1 rings (SSSR count). The molecule has 0 saturated carbocycles. The lowest BCUT2D eigenvalue weighted by Gasteiger charge is -2.08. The van der Waals surface area contributed by atoms with Crippen LogP contribution in [0.2, 0.25) is 0 Å². The predicted octanol–water partition coefficient (Wildman–Crippen LogP) is 3.65. The number of carbonyl (C=O) groups excluding carboxylic acids is 2. The molecule has 0 aliphatic carbocycles. The summed E-state index contributed by atoms with van der Waals surface area (Å²) < 4.78 is 4.37. The fourth-order valence-electron chi connectivity index (χ4n) is 1.46. The van der Waals surface area contributed by atoms with Gasteiger partial charge in [-0.2, -0.15) is 0 Å². The van der Waals surface area contributed by atoms with E-state index >= 15 is 0 Å². The van der Waals surface area contributed by atoms with E-state index in [2.05, 4.69) is 11.3 Å². The van der Waals surface area contributed by atoms with Gasteiger partial charge in [0, 0.05) is 17.6 Å². The Morgan fingerprint density at radius 2 is 1.86 bits per heavy atom. The molecule has 0 heterocycles. The van der Waals surface area contributed by atoms with Gasteiger partial charge in [-0.25, -0.2) is 4.79 Å². The minimum absolute atomic E-state index is 0.00231. The summed E-state index contributed by atoms with van der Waals surface area (Å²) in [6.07, 6.45) is 0.960. The Labute approximate surface area is 131 Å². The number of para-hydroxylation sites is 1. The van der Waals surface area contributed by atoms with E-state index in [0.717, 1.165) is 5.56 Å². The lowest BCUT2D eigenvalue weighted by atomic mass is 10.0. The predicted molar refractivity (Wildman–Crippen MR) is 84.7 cm³/mol. The number of esters is 2. The maximum atomic E-state index is 10.7. The van der Waals surface area contributed by atoms with E-state index in [9.17, 15) is 14.7 Å². The number of hydrogen-bond acceptors (Lipinski definition) is 5. The zero-order valence-corrected chi connectivity index (χ0v) is 13.5. The molecule has 5 heteroatoms. The van der Waals surface area contributed by atoms with Crippen LogP contribution in [0.3, 0.4) is 0 Å². The first-order chi connectivity index (χ1) is 10.2. The first kappa shape index (κ1) is 19.7. The van der Waals surface area contributed by atoms with Crippen LogP contribution in [0, 0.1) is 0 Å². The molecule has 0 aliphatic heterocycles. The van der Waals surface area contributed by atoms with Crippen molar-refractivity contribution in [2.45, 2.75) is 46.5 Å². The number of phenols is 2. The van der Waals surface area contributed by atoms with E-state index in [0.29, 0.717) is 6.42 Å². The molecule has 0 amide bonds. The minimum Gasteiger partial charge on any atom is -0.504 e. The normalized spacial score (nSPS) is 9.68. The van der Waals surface area contributed by atoms with Crippen molar-refractivity contribution < 1.29 is 24.5 Å². The van der Waals surface area contributed by atoms with Crippen molar-refractivity contribution in [3.8, 4) is 11.5 Å². The third-order valence-electron chi connectivity index (χ3n) is 2.68. The van der Waals surface area contributed by atoms with Gasteiger partial charge in [-0.05, 0) is 25.3 Å². The smallest absolute Gasteiger partial charge is 0.340 e. The van der Waals surface area contributed by atoms with E-state index in [1.165, 1.54) is 13.0 Å². The highest BCUT2D eigenvalue weighted by atomic mass is 16.6. The second kappa shape index (κ2) is 9.60. The van der Waals surface area contributed by atoms with Gasteiger partial charge in [0.25, 0.3) is 0 Å². The van der Waals surface area contributed by atoms with E-state index in [4.69, 9.17) is 5.11 Å². The van der Waals surface area contributed by atoms with Crippen LogP contribution in [-0.2, 0) is 14.3 Å². The molecule has 0 fully saturated rings. The first-order valence-corrected chi connectivity index (χ1v) is 7.12. The number of ether oxygens (including phenoxy) is 1. The van der Waals surface area contributed by atoms with Crippen LogP contribution < -0.4 is 0 Å². The van der Waals surface area contributed by atoms with Gasteiger partial charge in [0.2, 0.25) is 0 Å². The molecule has 0 radical (unpaired) electrons. The van der Waals surface area contributed by atoms with Crippen molar-refractivity contribution in [3.05, 3.63) is 35.9 Å². The Kier molecular flexibility index (Phi) is 8.60. The van der Waals surface area contributed by atoms with Crippen molar-refractivity contribution in [3.63, 3.8) is 0 Å². The van der Waals surface area contributed by atoms with Crippen molar-refractivity contribution in [2.75, 3.05) is 0 Å². The average Bonchev–Trinajstić information content (AvgIpc) is 2.42. The third kappa shape index (κ3) is 6.92. The Balaban J connectivity index is 0.000000401. The highest BCUT2D eigenvalue weighted by Crippen LogP contribution is 2.32. The van der Waals surface area contributed by atoms with Crippen molar-refractivity contribution in [1.29, 1.82) is 0 Å². The number of rotatable bonds is 4. The summed E-state index contributed by atoms with van der Waals surface area (Å²) in [7, 11) is 0. The molecule has 22 heavy (non-hydrogen) atoms. The molecule has 0 aromatic heterocycles. The molecule has 0 unspecified atom stereocenters. The summed E-state index contributed by atoms with van der Waals surface area (Å²) in [5.74, 6) is -0.926. The third-order valence-corrected chi connectivity index (χ3v) is 2.68. The Morgan fingerprint density at radius 1 is 1.27 bits per heavy atom. The van der Waals surface area contributed by atoms with Gasteiger partial charge < -0.3 is 14.9 Å². The molecule has 2 N–H and O–H groups in total. The summed E-state index contributed by atoms with van der Waals surface area (Å²) in [4.78, 5) is 21.4. The van der Waals surface area contributed by atoms with Crippen molar-refractivity contribution in [1.82, 2.24) is 0 Å². The molecular weight excluding hydrogens is 284 g/mol. The average molecular weight is 308 g/mol. The van der Waals surface area contributed by atoms with Gasteiger partial charge in [-0.15, -0.1) is 0 Å². The topological polar surface area (TPSA) is 83.8 Å². The van der Waals surface area contributed by atoms with Crippen molar-refractivity contribution >= 4 is 11.9 Å². The maximum absolute atomic E-state index is 10.7. The van der Waals surface area contributed by atoms with Gasteiger partial charge in [-0.1, -0.05) is 39.5 Å². The number of benzene rings is 1. The van der Waals surface area contributed by atoms with Crippen LogP contribution in [-0.4, -0.2) is 22.2 Å². The quantitative estimate of drug-likeness (QED) is 0.384. The van der Waals surface area contributed by atoms with Crippen LogP contribution >= 0.6 is 0 Å². The second-order valence-electron chi connectivity index (χ2n) is 5.16. The second-order valence-corrected chi connectivity index (χ2v) is 5.16. The SMILES string of the molecule is C=C(C)C(=O)OC(=O)CCC.CC(C)c1cccc(O)c1O. The number of aromatic hydroxyl groups is 2. The van der Waals surface area contributed by atoms with Crippen LogP contribution in [0.1, 0.15) is 52.0 Å². The van der Waals surface area contributed by atoms with E-state index < -0.39 is 11.9 Å². The fourth-order valence-corrected chi connectivity index (χ4v) is 1.46. The first-order valence-electron chi connectivity index (χ1n) is 7.12. The lowest BCUT2D eigenvalue weighted by molar-refractivity contribution is -0.156. The summed E-state index contributed by atoms with van der Waals surface area (Å²) >= 11 is 0. The summed E-state index contributed by atoms with van der Waals surface area (Å²) in [6, 6.07) is 5.01. The lowest BCUT2D eigenvalue weighted by Crippen LogP contribution is -2.11. The molecule has 1 aromatic carbocycles. The van der Waals surface area contributed by atoms with Crippen LogP contribution in [0.15, 0.2) is 30.4 Å². The summed E-state index contributed by atoms with van der Waals surface area (Å²) in [5.41, 5.74) is 1.03. The monoisotopic (exact) mass is 308 g/mol. The molecule has 0 saturated heterocycles. The minimum atomic E-state index is -0.636. The largest absolute Gasteiger partial charge is 0.504 e. The van der Waals surface area contributed by atoms with Gasteiger partial charge in [0.05, 0.1) is 0 Å². The summed E-state index contributed by atoms with van der Waals surface area (Å²) in [6.45, 7) is 10.6. The molecule has 1 aromatic rings. The van der Waals surface area contributed by atoms with E-state index in [1.54, 1.807) is 12.1 Å². The number of phenolic OH excluding ortho intramolecular Hbond substituents is 2. The Hall–Kier alpha value is -2.30. The van der Waals surface area contributed by atoms with Crippen molar-refractivity contribution in [2.24, 2.45) is 0 Å². The Bertz CT molecular complexity index is 532. The fraction of sp³-hybridized carbons (Fsp3) is 0.412. The highest BCUT2D eigenvalue weighted by Gasteiger charge is 2.09. The van der Waals surface area contributed by atoms with Gasteiger partial charge in [0.1, 0.15) is 0 Å². The Morgan fingerprint density at radius 3 is 2.27 bits per heavy atom. The summed E-state index contributed by atoms with van der Waals surface area (Å²) in [5, 5.41) is 18.4. The van der Waals surface area contributed by atoms with Crippen LogP contribution in [0.25, 0.3) is 0 Å². The molecule has 122 valence electrons. The van der Waals surface area contributed by atoms with Gasteiger partial charge >= 0.3 is 11.9 Å². The molecule has 0 aliphatic rings. The molecular formula is C17H24O5. The molecule has 0 spiro atoms. The number of hydrogen-bond donors (Lipinski definition) is 2. The van der Waals surface area contributed by atoms with Gasteiger partial charge in [-0.3, -0.25) is 4.79 Å². The maximum Gasteiger partial charge on any atom is 0.340 e. The highest BCUT2D eigenvalue weighted by molar-refractivity contribution is 5.95. The van der Waals surface area contributed by atoms with Crippen LogP contribution in [0.4, 0.5) is 0 Å². The zero-order chi connectivity index (χ0) is 17.3. The number of carbonyl (C=O) groups is 2. The molecule has 5 nitrogen and oxygen atoms in total. The molecule has 0 bridgehead atoms.